The number of halogens is 3. The maximum atomic E-state index is 12.8. The molecule has 5 rings (SSSR count). The van der Waals surface area contributed by atoms with Crippen LogP contribution in [0.25, 0.3) is 16.3 Å². The van der Waals surface area contributed by atoms with E-state index >= 15 is 0 Å². The Bertz CT molecular complexity index is 1210. The third-order valence-corrected chi connectivity index (χ3v) is 7.59. The lowest BCUT2D eigenvalue weighted by Gasteiger charge is -2.33. The largest absolute Gasteiger partial charge is 0.393 e. The zero-order chi connectivity index (χ0) is 23.2. The van der Waals surface area contributed by atoms with Gasteiger partial charge in [-0.05, 0) is 67.5 Å². The first-order valence-electron chi connectivity index (χ1n) is 11.3. The normalized spacial score (nSPS) is 17.4. The number of fused-ring (bicyclic) bond motifs is 2. The smallest absolute Gasteiger partial charge is 0.367 e. The Morgan fingerprint density at radius 2 is 1.91 bits per heavy atom. The van der Waals surface area contributed by atoms with Crippen molar-refractivity contribution in [2.75, 3.05) is 18.4 Å². The second kappa shape index (κ2) is 8.72. The molecule has 1 aromatic carbocycles. The Morgan fingerprint density at radius 1 is 1.12 bits per heavy atom. The minimum absolute atomic E-state index is 0.247. The van der Waals surface area contributed by atoms with Crippen molar-refractivity contribution in [1.82, 2.24) is 14.9 Å². The number of thiophene rings is 1. The minimum atomic E-state index is -4.22. The summed E-state index contributed by atoms with van der Waals surface area (Å²) in [5.41, 5.74) is 6.95. The van der Waals surface area contributed by atoms with Gasteiger partial charge in [0.05, 0.1) is 11.8 Å². The molecule has 0 saturated carbocycles. The number of allylic oxidation sites excluding steroid dienone is 1. The first kappa shape index (κ1) is 22.3. The summed E-state index contributed by atoms with van der Waals surface area (Å²) < 4.78 is 38.4. The number of anilines is 1. The van der Waals surface area contributed by atoms with Crippen LogP contribution in [0.4, 0.5) is 19.0 Å². The lowest BCUT2D eigenvalue weighted by Crippen LogP contribution is -2.39. The maximum absolute atomic E-state index is 12.8. The van der Waals surface area contributed by atoms with Gasteiger partial charge in [0.1, 0.15) is 17.0 Å². The average molecular weight is 473 g/mol. The molecule has 0 unspecified atom stereocenters. The highest BCUT2D eigenvalue weighted by Crippen LogP contribution is 2.33. The second-order valence-electron chi connectivity index (χ2n) is 9.29. The van der Waals surface area contributed by atoms with Gasteiger partial charge in [-0.25, -0.2) is 9.97 Å². The van der Waals surface area contributed by atoms with E-state index in [4.69, 9.17) is 0 Å². The van der Waals surface area contributed by atoms with Crippen LogP contribution in [0.5, 0.6) is 0 Å². The van der Waals surface area contributed by atoms with Crippen molar-refractivity contribution in [3.63, 3.8) is 0 Å². The molecular formula is C25H27F3N4S. The van der Waals surface area contributed by atoms with Gasteiger partial charge in [0.2, 0.25) is 0 Å². The van der Waals surface area contributed by atoms with Gasteiger partial charge < -0.3 is 5.32 Å². The van der Waals surface area contributed by atoms with Crippen LogP contribution in [0.2, 0.25) is 0 Å². The van der Waals surface area contributed by atoms with Crippen molar-refractivity contribution < 1.29 is 13.2 Å². The van der Waals surface area contributed by atoms with Gasteiger partial charge in [0, 0.05) is 30.6 Å². The molecule has 1 N–H and O–H groups in total. The molecule has 1 fully saturated rings. The van der Waals surface area contributed by atoms with Gasteiger partial charge >= 0.3 is 6.18 Å². The lowest BCUT2D eigenvalue weighted by atomic mass is 9.98. The van der Waals surface area contributed by atoms with Crippen LogP contribution in [0.1, 0.15) is 46.9 Å². The van der Waals surface area contributed by atoms with Gasteiger partial charge in [0.25, 0.3) is 0 Å². The number of piperidine rings is 1. The van der Waals surface area contributed by atoms with Crippen molar-refractivity contribution in [3.8, 4) is 0 Å². The number of aryl methyl sites for hydroxylation is 1. The minimum Gasteiger partial charge on any atom is -0.367 e. The van der Waals surface area contributed by atoms with Crippen molar-refractivity contribution >= 4 is 33.4 Å². The average Bonchev–Trinajstić information content (AvgIpc) is 3.30. The van der Waals surface area contributed by atoms with Crippen LogP contribution >= 0.6 is 11.3 Å². The summed E-state index contributed by atoms with van der Waals surface area (Å²) in [5, 5.41) is 4.16. The Hall–Kier alpha value is -2.45. The second-order valence-corrected chi connectivity index (χ2v) is 10.4. The fourth-order valence-electron chi connectivity index (χ4n) is 4.88. The predicted octanol–water partition coefficient (Wildman–Crippen LogP) is 6.14. The van der Waals surface area contributed by atoms with Crippen LogP contribution in [-0.2, 0) is 19.4 Å². The van der Waals surface area contributed by atoms with Gasteiger partial charge in [-0.2, -0.15) is 13.2 Å². The fraction of sp³-hybridized carbons (Fsp3) is 0.440. The van der Waals surface area contributed by atoms with E-state index in [1.165, 1.54) is 34.2 Å². The molecule has 4 nitrogen and oxygen atoms in total. The number of rotatable bonds is 5. The molecule has 0 bridgehead atoms. The molecule has 33 heavy (non-hydrogen) atoms. The highest BCUT2D eigenvalue weighted by atomic mass is 32.1. The van der Waals surface area contributed by atoms with Crippen LogP contribution < -0.4 is 5.32 Å². The van der Waals surface area contributed by atoms with Crippen molar-refractivity contribution in [3.05, 3.63) is 57.2 Å². The Kier molecular flexibility index (Phi) is 5.91. The summed E-state index contributed by atoms with van der Waals surface area (Å²) in [6, 6.07) is 6.51. The quantitative estimate of drug-likeness (QED) is 0.484. The molecule has 0 radical (unpaired) electrons. The molecule has 2 aromatic heterocycles. The molecule has 3 heterocycles. The topological polar surface area (TPSA) is 41.0 Å². The zero-order valence-electron chi connectivity index (χ0n) is 18.8. The van der Waals surface area contributed by atoms with E-state index in [1.807, 2.05) is 0 Å². The molecule has 1 aliphatic carbocycles. The lowest BCUT2D eigenvalue weighted by molar-refractivity contribution is -0.126. The molecule has 2 aliphatic rings. The number of hydrogen-bond donors (Lipinski definition) is 1. The number of nitrogens with one attached hydrogen (secondary N) is 1. The van der Waals surface area contributed by atoms with Crippen molar-refractivity contribution in [2.45, 2.75) is 58.3 Å². The Labute approximate surface area is 195 Å². The van der Waals surface area contributed by atoms with E-state index in [2.05, 4.69) is 52.2 Å². The molecule has 0 atom stereocenters. The molecular weight excluding hydrogens is 445 g/mol. The van der Waals surface area contributed by atoms with Crippen LogP contribution in [-0.4, -0.2) is 40.2 Å². The van der Waals surface area contributed by atoms with Gasteiger partial charge in [0.15, 0.2) is 0 Å². The summed E-state index contributed by atoms with van der Waals surface area (Å²) in [4.78, 5) is 11.9. The van der Waals surface area contributed by atoms with Gasteiger partial charge in [-0.15, -0.1) is 11.3 Å². The van der Waals surface area contributed by atoms with Crippen LogP contribution in [0, 0.1) is 6.92 Å². The van der Waals surface area contributed by atoms with E-state index in [0.29, 0.717) is 16.0 Å². The molecule has 1 aliphatic heterocycles. The van der Waals surface area contributed by atoms with Crippen LogP contribution in [0.15, 0.2) is 30.1 Å². The van der Waals surface area contributed by atoms with E-state index < -0.39 is 12.6 Å². The zero-order valence-corrected chi connectivity index (χ0v) is 19.6. The summed E-state index contributed by atoms with van der Waals surface area (Å²) in [7, 11) is 0. The van der Waals surface area contributed by atoms with Crippen molar-refractivity contribution in [1.29, 1.82) is 0 Å². The molecule has 174 valence electrons. The monoisotopic (exact) mass is 472 g/mol. The summed E-state index contributed by atoms with van der Waals surface area (Å²) >= 11 is 1.09. The SMILES string of the molecule is CC1=Cc2cc(CN3CCC(Nc4ncnc5sc(CC(F)(F)F)cc45)CC3)c(C)cc2C1. The third kappa shape index (κ3) is 5.06. The fourth-order valence-corrected chi connectivity index (χ4v) is 5.91. The molecule has 0 amide bonds. The first-order chi connectivity index (χ1) is 15.7. The molecule has 1 saturated heterocycles. The summed E-state index contributed by atoms with van der Waals surface area (Å²) in [6.07, 6.45) is 1.57. The number of benzene rings is 1. The predicted molar refractivity (Wildman–Crippen MR) is 128 cm³/mol. The number of aromatic nitrogens is 2. The molecule has 0 spiro atoms. The maximum Gasteiger partial charge on any atom is 0.393 e. The van der Waals surface area contributed by atoms with Crippen LogP contribution in [0.3, 0.4) is 0 Å². The third-order valence-electron chi connectivity index (χ3n) is 6.55. The van der Waals surface area contributed by atoms with Gasteiger partial charge in [-0.1, -0.05) is 17.7 Å². The number of nitrogens with zero attached hydrogens (tertiary/aromatic N) is 3. The van der Waals surface area contributed by atoms with E-state index in [-0.39, 0.29) is 10.9 Å². The molecule has 8 heteroatoms. The highest BCUT2D eigenvalue weighted by molar-refractivity contribution is 7.18. The first-order valence-corrected chi connectivity index (χ1v) is 12.1. The number of likely N-dealkylation sites (tertiary alicyclic amines) is 1. The Balaban J connectivity index is 1.22. The van der Waals surface area contributed by atoms with E-state index in [9.17, 15) is 13.2 Å². The summed E-state index contributed by atoms with van der Waals surface area (Å²) in [6.45, 7) is 7.28. The standard InChI is InChI=1S/C25H27F3N4S/c1-15-7-17-9-16(2)19(10-18(17)8-15)13-32-5-3-20(4-6-32)31-23-22-11-21(12-25(26,27)28)33-24(22)30-14-29-23/h8-11,14,20H,3-7,12-13H2,1-2H3,(H,29,30,31). The van der Waals surface area contributed by atoms with E-state index in [1.54, 1.807) is 6.07 Å². The van der Waals surface area contributed by atoms with Gasteiger partial charge in [-0.3, -0.25) is 4.90 Å². The number of hydrogen-bond acceptors (Lipinski definition) is 5. The number of alkyl halides is 3. The van der Waals surface area contributed by atoms with E-state index in [0.717, 1.165) is 50.2 Å². The van der Waals surface area contributed by atoms with Crippen molar-refractivity contribution in [2.24, 2.45) is 0 Å². The summed E-state index contributed by atoms with van der Waals surface area (Å²) in [5.74, 6) is 0.639. The highest BCUT2D eigenvalue weighted by Gasteiger charge is 2.29. The molecule has 3 aromatic rings. The Morgan fingerprint density at radius 3 is 2.67 bits per heavy atom.